The highest BCUT2D eigenvalue weighted by atomic mass is 16.2. The van der Waals surface area contributed by atoms with Crippen molar-refractivity contribution in [3.63, 3.8) is 0 Å². The Balaban J connectivity index is 1.33. The minimum atomic E-state index is 0.209. The van der Waals surface area contributed by atoms with Crippen LogP contribution in [0, 0.1) is 0 Å². The molecular weight excluding hydrogens is 288 g/mol. The molecule has 3 aromatic rings. The first-order chi connectivity index (χ1) is 11.3. The van der Waals surface area contributed by atoms with Crippen LogP contribution in [0.4, 0.5) is 0 Å². The normalized spacial score (nSPS) is 14.9. The molecule has 0 unspecified atom stereocenters. The number of nitrogens with zero attached hydrogens (tertiary/aromatic N) is 3. The fourth-order valence-electron chi connectivity index (χ4n) is 2.98. The van der Waals surface area contributed by atoms with E-state index in [-0.39, 0.29) is 5.91 Å². The number of rotatable bonds is 4. The van der Waals surface area contributed by atoms with E-state index < -0.39 is 0 Å². The molecule has 0 radical (unpaired) electrons. The van der Waals surface area contributed by atoms with E-state index in [1.54, 1.807) is 6.20 Å². The zero-order valence-corrected chi connectivity index (χ0v) is 12.8. The van der Waals surface area contributed by atoms with E-state index in [2.05, 4.69) is 15.0 Å². The van der Waals surface area contributed by atoms with Gasteiger partial charge in [-0.25, -0.2) is 4.98 Å². The van der Waals surface area contributed by atoms with Gasteiger partial charge >= 0.3 is 0 Å². The number of hydrogen-bond acceptors (Lipinski definition) is 3. The molecule has 0 atom stereocenters. The van der Waals surface area contributed by atoms with Crippen molar-refractivity contribution in [2.24, 2.45) is 0 Å². The van der Waals surface area contributed by atoms with Gasteiger partial charge < -0.3 is 9.88 Å². The van der Waals surface area contributed by atoms with E-state index in [0.29, 0.717) is 12.3 Å². The minimum Gasteiger partial charge on any atom is -0.342 e. The number of H-pyrrole nitrogens is 1. The molecule has 1 aliphatic rings. The third kappa shape index (κ3) is 2.82. The zero-order chi connectivity index (χ0) is 15.6. The van der Waals surface area contributed by atoms with Crippen LogP contribution in [0.5, 0.6) is 0 Å². The summed E-state index contributed by atoms with van der Waals surface area (Å²) in [6, 6.07) is 11.9. The van der Waals surface area contributed by atoms with Crippen LogP contribution < -0.4 is 0 Å². The molecule has 1 amide bonds. The van der Waals surface area contributed by atoms with Gasteiger partial charge in [-0.2, -0.15) is 0 Å². The summed E-state index contributed by atoms with van der Waals surface area (Å²) in [7, 11) is 0. The van der Waals surface area contributed by atoms with E-state index in [4.69, 9.17) is 0 Å². The van der Waals surface area contributed by atoms with Gasteiger partial charge in [-0.15, -0.1) is 0 Å². The smallest absolute Gasteiger partial charge is 0.222 e. The Hall–Kier alpha value is -2.69. The number of pyridine rings is 1. The van der Waals surface area contributed by atoms with Crippen molar-refractivity contribution in [2.75, 3.05) is 13.1 Å². The van der Waals surface area contributed by atoms with E-state index in [1.165, 1.54) is 0 Å². The van der Waals surface area contributed by atoms with Crippen molar-refractivity contribution >= 4 is 16.9 Å². The molecule has 5 nitrogen and oxygen atoms in total. The number of aromatic amines is 1. The molecular formula is C18H18N4O. The Bertz CT molecular complexity index is 788. The molecule has 5 heteroatoms. The van der Waals surface area contributed by atoms with Crippen LogP contribution in [-0.2, 0) is 11.2 Å². The number of benzene rings is 1. The zero-order valence-electron chi connectivity index (χ0n) is 12.8. The maximum Gasteiger partial charge on any atom is 0.222 e. The first kappa shape index (κ1) is 13.9. The number of hydrogen-bond donors (Lipinski definition) is 1. The van der Waals surface area contributed by atoms with Gasteiger partial charge in [0.05, 0.1) is 17.0 Å². The van der Waals surface area contributed by atoms with Crippen LogP contribution in [0.25, 0.3) is 11.0 Å². The van der Waals surface area contributed by atoms with Crippen LogP contribution in [0.1, 0.15) is 23.7 Å². The average Bonchev–Trinajstić information content (AvgIpc) is 2.96. The average molecular weight is 306 g/mol. The van der Waals surface area contributed by atoms with Crippen molar-refractivity contribution < 1.29 is 4.79 Å². The van der Waals surface area contributed by atoms with E-state index in [0.717, 1.165) is 41.9 Å². The van der Waals surface area contributed by atoms with E-state index in [1.807, 2.05) is 47.5 Å². The third-order valence-electron chi connectivity index (χ3n) is 4.38. The Morgan fingerprint density at radius 3 is 2.87 bits per heavy atom. The summed E-state index contributed by atoms with van der Waals surface area (Å²) in [6.07, 6.45) is 4.86. The number of amides is 1. The summed E-state index contributed by atoms with van der Waals surface area (Å²) in [4.78, 5) is 26.2. The second-order valence-electron chi connectivity index (χ2n) is 6.00. The summed E-state index contributed by atoms with van der Waals surface area (Å²) < 4.78 is 0. The summed E-state index contributed by atoms with van der Waals surface area (Å²) in [5, 5.41) is 0. The number of carbonyl (C=O) groups excluding carboxylic acids is 1. The number of para-hydroxylation sites is 2. The predicted octanol–water partition coefficient (Wildman–Crippen LogP) is 2.52. The topological polar surface area (TPSA) is 61.9 Å². The van der Waals surface area contributed by atoms with Crippen LogP contribution in [0.15, 0.2) is 48.8 Å². The fraction of sp³-hybridized carbons (Fsp3) is 0.278. The van der Waals surface area contributed by atoms with Crippen LogP contribution in [0.3, 0.4) is 0 Å². The van der Waals surface area contributed by atoms with Crippen molar-refractivity contribution in [3.05, 3.63) is 60.2 Å². The highest BCUT2D eigenvalue weighted by Crippen LogP contribution is 2.27. The molecule has 0 saturated carbocycles. The van der Waals surface area contributed by atoms with Gasteiger partial charge in [0.25, 0.3) is 0 Å². The lowest BCUT2D eigenvalue weighted by molar-refractivity contribution is -0.135. The first-order valence-corrected chi connectivity index (χ1v) is 7.91. The number of likely N-dealkylation sites (tertiary alicyclic amines) is 1. The number of imidazole rings is 1. The molecule has 116 valence electrons. The van der Waals surface area contributed by atoms with Gasteiger partial charge in [-0.1, -0.05) is 18.2 Å². The molecule has 1 N–H and O–H groups in total. The van der Waals surface area contributed by atoms with Crippen LogP contribution in [0.2, 0.25) is 0 Å². The molecule has 3 heterocycles. The van der Waals surface area contributed by atoms with Gasteiger partial charge in [-0.3, -0.25) is 9.78 Å². The Kier molecular flexibility index (Phi) is 3.54. The highest BCUT2D eigenvalue weighted by Gasteiger charge is 2.33. The molecule has 2 aromatic heterocycles. The van der Waals surface area contributed by atoms with Crippen molar-refractivity contribution in [3.8, 4) is 0 Å². The monoisotopic (exact) mass is 306 g/mol. The van der Waals surface area contributed by atoms with Gasteiger partial charge in [0.1, 0.15) is 5.82 Å². The molecule has 1 aliphatic heterocycles. The first-order valence-electron chi connectivity index (χ1n) is 7.91. The van der Waals surface area contributed by atoms with Gasteiger partial charge in [0.2, 0.25) is 5.91 Å². The molecule has 23 heavy (non-hydrogen) atoms. The molecule has 0 spiro atoms. The SMILES string of the molecule is O=C(CCc1cccnc1)N1CC(c2nc3ccccc3[nH]2)C1. The van der Waals surface area contributed by atoms with Gasteiger partial charge in [-0.05, 0) is 30.2 Å². The lowest BCUT2D eigenvalue weighted by atomic mass is 9.98. The van der Waals surface area contributed by atoms with Crippen molar-refractivity contribution in [2.45, 2.75) is 18.8 Å². The summed E-state index contributed by atoms with van der Waals surface area (Å²) in [5.74, 6) is 1.52. The van der Waals surface area contributed by atoms with Gasteiger partial charge in [0.15, 0.2) is 0 Å². The number of nitrogens with one attached hydrogen (secondary N) is 1. The number of aryl methyl sites for hydroxylation is 1. The quantitative estimate of drug-likeness (QED) is 0.805. The molecule has 0 aliphatic carbocycles. The largest absolute Gasteiger partial charge is 0.342 e. The Morgan fingerprint density at radius 1 is 1.22 bits per heavy atom. The fourth-order valence-corrected chi connectivity index (χ4v) is 2.98. The maximum atomic E-state index is 12.2. The van der Waals surface area contributed by atoms with Crippen LogP contribution in [-0.4, -0.2) is 38.8 Å². The summed E-state index contributed by atoms with van der Waals surface area (Å²) in [5.41, 5.74) is 3.16. The highest BCUT2D eigenvalue weighted by molar-refractivity contribution is 5.78. The third-order valence-corrected chi connectivity index (χ3v) is 4.38. The Morgan fingerprint density at radius 2 is 2.09 bits per heavy atom. The molecule has 4 rings (SSSR count). The standard InChI is InChI=1S/C18H18N4O/c23-17(8-7-13-4-3-9-19-10-13)22-11-14(12-22)18-20-15-5-1-2-6-16(15)21-18/h1-6,9-10,14H,7-8,11-12H2,(H,20,21). The molecule has 1 saturated heterocycles. The minimum absolute atomic E-state index is 0.209. The van der Waals surface area contributed by atoms with E-state index in [9.17, 15) is 4.79 Å². The molecule has 1 aromatic carbocycles. The van der Waals surface area contributed by atoms with Gasteiger partial charge in [0, 0.05) is 31.9 Å². The second kappa shape index (κ2) is 5.83. The second-order valence-corrected chi connectivity index (χ2v) is 6.00. The summed E-state index contributed by atoms with van der Waals surface area (Å²) in [6.45, 7) is 1.51. The van der Waals surface area contributed by atoms with Crippen molar-refractivity contribution in [1.82, 2.24) is 19.9 Å². The number of carbonyl (C=O) groups is 1. The number of aromatic nitrogens is 3. The lowest BCUT2D eigenvalue weighted by Gasteiger charge is -2.38. The van der Waals surface area contributed by atoms with Crippen molar-refractivity contribution in [1.29, 1.82) is 0 Å². The predicted molar refractivity (Wildman–Crippen MR) is 88.0 cm³/mol. The lowest BCUT2D eigenvalue weighted by Crippen LogP contribution is -2.48. The molecule has 0 bridgehead atoms. The number of fused-ring (bicyclic) bond motifs is 1. The summed E-state index contributed by atoms with van der Waals surface area (Å²) >= 11 is 0. The van der Waals surface area contributed by atoms with Crippen LogP contribution >= 0.6 is 0 Å². The Labute approximate surface area is 134 Å². The maximum absolute atomic E-state index is 12.2. The molecule has 1 fully saturated rings. The van der Waals surface area contributed by atoms with E-state index >= 15 is 0 Å².